The van der Waals surface area contributed by atoms with E-state index in [0.29, 0.717) is 12.7 Å². The highest BCUT2D eigenvalue weighted by Crippen LogP contribution is 2.33. The molecule has 0 radical (unpaired) electrons. The van der Waals surface area contributed by atoms with Gasteiger partial charge < -0.3 is 15.0 Å². The van der Waals surface area contributed by atoms with Crippen LogP contribution in [0.25, 0.3) is 0 Å². The summed E-state index contributed by atoms with van der Waals surface area (Å²) in [7, 11) is 0. The number of ether oxygens (including phenoxy) is 1. The topological polar surface area (TPSA) is 40.6 Å². The minimum atomic E-state index is -4.68. The summed E-state index contributed by atoms with van der Waals surface area (Å²) in [6.07, 6.45) is -1.04. The van der Waals surface area contributed by atoms with Crippen LogP contribution in [-0.2, 0) is 6.54 Å². The van der Waals surface area contributed by atoms with Crippen LogP contribution in [0.2, 0.25) is 0 Å². The molecule has 1 aliphatic rings. The maximum absolute atomic E-state index is 12.4. The van der Waals surface area contributed by atoms with Gasteiger partial charge in [0.25, 0.3) is 0 Å². The zero-order valence-electron chi connectivity index (χ0n) is 17.1. The van der Waals surface area contributed by atoms with E-state index in [-0.39, 0.29) is 11.3 Å². The van der Waals surface area contributed by atoms with E-state index in [2.05, 4.69) is 52.5 Å². The average molecular weight is 408 g/mol. The molecule has 0 atom stereocenters. The Morgan fingerprint density at radius 2 is 1.86 bits per heavy atom. The lowest BCUT2D eigenvalue weighted by atomic mass is 10.0. The van der Waals surface area contributed by atoms with Gasteiger partial charge in [-0.15, -0.1) is 13.2 Å². The first-order valence-corrected chi connectivity index (χ1v) is 9.59. The lowest BCUT2D eigenvalue weighted by Gasteiger charge is -2.30. The number of nitrogens with zero attached hydrogens (tertiary/aromatic N) is 3. The van der Waals surface area contributed by atoms with Gasteiger partial charge in [-0.1, -0.05) is 0 Å². The predicted octanol–water partition coefficient (Wildman–Crippen LogP) is 4.86. The van der Waals surface area contributed by atoms with E-state index in [4.69, 9.17) is 0 Å². The van der Waals surface area contributed by atoms with E-state index in [9.17, 15) is 13.2 Å². The zero-order chi connectivity index (χ0) is 21.2. The molecule has 0 aliphatic carbocycles. The molecule has 5 nitrogen and oxygen atoms in total. The molecule has 2 heterocycles. The molecular formula is C21H27F3N4O. The molecule has 158 valence electrons. The number of nitrogens with one attached hydrogen (secondary N) is 1. The minimum absolute atomic E-state index is 0.0977. The molecule has 1 fully saturated rings. The Kier molecular flexibility index (Phi) is 5.93. The van der Waals surface area contributed by atoms with Gasteiger partial charge in [0.1, 0.15) is 5.75 Å². The SMILES string of the molecule is CC(C)Nc1cnccc1CN1CN(c2ccc(OC(F)(F)F)cc2)CC1(C)C. The van der Waals surface area contributed by atoms with Gasteiger partial charge in [-0.25, -0.2) is 0 Å². The summed E-state index contributed by atoms with van der Waals surface area (Å²) < 4.78 is 41.1. The first kappa shape index (κ1) is 21.2. The molecule has 0 saturated carbocycles. The van der Waals surface area contributed by atoms with Crippen LogP contribution in [0.15, 0.2) is 42.7 Å². The normalized spacial score (nSPS) is 17.0. The third kappa shape index (κ3) is 5.53. The largest absolute Gasteiger partial charge is 0.573 e. The quantitative estimate of drug-likeness (QED) is 0.739. The van der Waals surface area contributed by atoms with Crippen LogP contribution in [0.3, 0.4) is 0 Å². The van der Waals surface area contributed by atoms with E-state index in [1.807, 2.05) is 12.3 Å². The van der Waals surface area contributed by atoms with Crippen LogP contribution >= 0.6 is 0 Å². The van der Waals surface area contributed by atoms with Crippen molar-refractivity contribution < 1.29 is 17.9 Å². The molecule has 1 aromatic carbocycles. The van der Waals surface area contributed by atoms with Crippen molar-refractivity contribution in [1.29, 1.82) is 0 Å². The summed E-state index contributed by atoms with van der Waals surface area (Å²) in [4.78, 5) is 8.74. The van der Waals surface area contributed by atoms with Crippen LogP contribution in [0.5, 0.6) is 5.75 Å². The summed E-state index contributed by atoms with van der Waals surface area (Å²) in [5.41, 5.74) is 2.95. The Bertz CT molecular complexity index is 821. The molecule has 3 rings (SSSR count). The molecule has 0 unspecified atom stereocenters. The van der Waals surface area contributed by atoms with E-state index in [0.717, 1.165) is 30.0 Å². The second-order valence-electron chi connectivity index (χ2n) is 8.22. The minimum Gasteiger partial charge on any atom is -0.406 e. The lowest BCUT2D eigenvalue weighted by Crippen LogP contribution is -2.39. The monoisotopic (exact) mass is 408 g/mol. The Balaban J connectivity index is 1.72. The molecule has 1 saturated heterocycles. The summed E-state index contributed by atoms with van der Waals surface area (Å²) in [6.45, 7) is 10.7. The van der Waals surface area contributed by atoms with Crippen molar-refractivity contribution in [2.75, 3.05) is 23.4 Å². The van der Waals surface area contributed by atoms with E-state index >= 15 is 0 Å². The molecule has 2 aromatic rings. The third-order valence-corrected chi connectivity index (χ3v) is 4.93. The molecule has 1 N–H and O–H groups in total. The van der Waals surface area contributed by atoms with Crippen molar-refractivity contribution in [3.05, 3.63) is 48.3 Å². The maximum atomic E-state index is 12.4. The van der Waals surface area contributed by atoms with Gasteiger partial charge >= 0.3 is 6.36 Å². The standard InChI is InChI=1S/C21H27F3N4O/c1-15(2)26-19-11-25-10-9-16(19)12-28-14-27(13-20(28,3)4)17-5-7-18(8-6-17)29-21(22,23)24/h5-11,15,26H,12-14H2,1-4H3. The van der Waals surface area contributed by atoms with Gasteiger partial charge in [0, 0.05) is 36.6 Å². The van der Waals surface area contributed by atoms with Crippen molar-refractivity contribution in [2.45, 2.75) is 52.2 Å². The first-order valence-electron chi connectivity index (χ1n) is 9.59. The van der Waals surface area contributed by atoms with Crippen molar-refractivity contribution >= 4 is 11.4 Å². The predicted molar refractivity (Wildman–Crippen MR) is 108 cm³/mol. The molecule has 1 aromatic heterocycles. The molecule has 1 aliphatic heterocycles. The van der Waals surface area contributed by atoms with E-state index in [1.165, 1.54) is 12.1 Å². The molecule has 0 amide bonds. The summed E-state index contributed by atoms with van der Waals surface area (Å²) in [6, 6.07) is 8.36. The number of halogens is 3. The molecular weight excluding hydrogens is 381 g/mol. The number of rotatable bonds is 6. The summed E-state index contributed by atoms with van der Waals surface area (Å²) in [5.74, 6) is -0.210. The number of pyridine rings is 1. The first-order chi connectivity index (χ1) is 13.5. The van der Waals surface area contributed by atoms with E-state index < -0.39 is 6.36 Å². The number of benzene rings is 1. The Morgan fingerprint density at radius 3 is 2.48 bits per heavy atom. The zero-order valence-corrected chi connectivity index (χ0v) is 17.1. The van der Waals surface area contributed by atoms with Crippen LogP contribution in [0, 0.1) is 0 Å². The number of aromatic nitrogens is 1. The number of hydrogen-bond donors (Lipinski definition) is 1. The second kappa shape index (κ2) is 8.10. The second-order valence-corrected chi connectivity index (χ2v) is 8.22. The number of anilines is 2. The Labute approximate surface area is 169 Å². The van der Waals surface area contributed by atoms with Crippen molar-refractivity contribution in [2.24, 2.45) is 0 Å². The van der Waals surface area contributed by atoms with Gasteiger partial charge in [-0.05, 0) is 63.6 Å². The van der Waals surface area contributed by atoms with Crippen LogP contribution in [0.1, 0.15) is 33.3 Å². The van der Waals surface area contributed by atoms with Crippen LogP contribution < -0.4 is 15.0 Å². The van der Waals surface area contributed by atoms with Crippen LogP contribution in [-0.4, -0.2) is 41.0 Å². The summed E-state index contributed by atoms with van der Waals surface area (Å²) in [5, 5.41) is 3.43. The van der Waals surface area contributed by atoms with Gasteiger partial charge in [-0.3, -0.25) is 9.88 Å². The van der Waals surface area contributed by atoms with Gasteiger partial charge in [0.15, 0.2) is 0 Å². The maximum Gasteiger partial charge on any atom is 0.573 e. The fourth-order valence-corrected chi connectivity index (χ4v) is 3.52. The van der Waals surface area contributed by atoms with Crippen molar-refractivity contribution in [3.8, 4) is 5.75 Å². The van der Waals surface area contributed by atoms with Crippen molar-refractivity contribution in [1.82, 2.24) is 9.88 Å². The smallest absolute Gasteiger partial charge is 0.406 e. The fraction of sp³-hybridized carbons (Fsp3) is 0.476. The molecule has 8 heteroatoms. The summed E-state index contributed by atoms with van der Waals surface area (Å²) >= 11 is 0. The Hall–Kier alpha value is -2.48. The van der Waals surface area contributed by atoms with Crippen LogP contribution in [0.4, 0.5) is 24.5 Å². The third-order valence-electron chi connectivity index (χ3n) is 4.93. The average Bonchev–Trinajstić information content (AvgIpc) is 2.90. The fourth-order valence-electron chi connectivity index (χ4n) is 3.52. The van der Waals surface area contributed by atoms with Gasteiger partial charge in [0.05, 0.1) is 18.6 Å². The Morgan fingerprint density at radius 1 is 1.17 bits per heavy atom. The molecule has 0 bridgehead atoms. The number of alkyl halides is 3. The molecule has 0 spiro atoms. The number of hydrogen-bond acceptors (Lipinski definition) is 5. The highest BCUT2D eigenvalue weighted by Gasteiger charge is 2.37. The van der Waals surface area contributed by atoms with Crippen molar-refractivity contribution in [3.63, 3.8) is 0 Å². The lowest BCUT2D eigenvalue weighted by molar-refractivity contribution is -0.274. The van der Waals surface area contributed by atoms with E-state index in [1.54, 1.807) is 18.3 Å². The van der Waals surface area contributed by atoms with Gasteiger partial charge in [0.2, 0.25) is 0 Å². The van der Waals surface area contributed by atoms with Gasteiger partial charge in [-0.2, -0.15) is 0 Å². The molecule has 29 heavy (non-hydrogen) atoms. The highest BCUT2D eigenvalue weighted by atomic mass is 19.4. The highest BCUT2D eigenvalue weighted by molar-refractivity contribution is 5.52.